The number of methoxy groups -OCH3 is 1. The minimum Gasteiger partial charge on any atom is -0.384 e. The molecule has 0 atom stereocenters. The van der Waals surface area contributed by atoms with Crippen molar-refractivity contribution in [1.82, 2.24) is 0 Å². The van der Waals surface area contributed by atoms with Crippen LogP contribution in [0.4, 0.5) is 5.69 Å². The molecule has 21 heavy (non-hydrogen) atoms. The summed E-state index contributed by atoms with van der Waals surface area (Å²) in [5, 5.41) is 7.95. The Balaban J connectivity index is 3.21. The molecule has 0 aliphatic rings. The van der Waals surface area contributed by atoms with Crippen LogP contribution in [0.2, 0.25) is 0 Å². The Morgan fingerprint density at radius 2 is 2.14 bits per heavy atom. The SMILES string of the molecule is CCSc1cccc(N(CCOC)CC(C)C)c1C(=N)N. The van der Waals surface area contributed by atoms with E-state index < -0.39 is 0 Å². The molecule has 0 saturated heterocycles. The highest BCUT2D eigenvalue weighted by Crippen LogP contribution is 2.31. The Morgan fingerprint density at radius 1 is 1.43 bits per heavy atom. The first-order valence-electron chi connectivity index (χ1n) is 7.35. The molecule has 0 bridgehead atoms. The topological polar surface area (TPSA) is 62.3 Å². The number of nitrogen functional groups attached to an aromatic ring is 1. The van der Waals surface area contributed by atoms with E-state index in [9.17, 15) is 0 Å². The van der Waals surface area contributed by atoms with Crippen LogP contribution in [0.1, 0.15) is 26.3 Å². The zero-order chi connectivity index (χ0) is 15.8. The predicted molar refractivity (Wildman–Crippen MR) is 92.8 cm³/mol. The van der Waals surface area contributed by atoms with Gasteiger partial charge in [-0.05, 0) is 23.8 Å². The fourth-order valence-electron chi connectivity index (χ4n) is 2.28. The van der Waals surface area contributed by atoms with E-state index in [1.165, 1.54) is 0 Å². The molecule has 0 saturated carbocycles. The van der Waals surface area contributed by atoms with Crippen LogP contribution >= 0.6 is 11.8 Å². The van der Waals surface area contributed by atoms with Crippen LogP contribution in [0.25, 0.3) is 0 Å². The Bertz CT molecular complexity index is 463. The normalized spacial score (nSPS) is 10.9. The largest absolute Gasteiger partial charge is 0.384 e. The number of anilines is 1. The van der Waals surface area contributed by atoms with E-state index in [-0.39, 0.29) is 5.84 Å². The maximum absolute atomic E-state index is 7.95. The second kappa shape index (κ2) is 8.95. The zero-order valence-electron chi connectivity index (χ0n) is 13.5. The van der Waals surface area contributed by atoms with Crippen LogP contribution in [-0.4, -0.2) is 38.4 Å². The average molecular weight is 309 g/mol. The smallest absolute Gasteiger partial charge is 0.126 e. The van der Waals surface area contributed by atoms with E-state index >= 15 is 0 Å². The second-order valence-corrected chi connectivity index (χ2v) is 6.64. The zero-order valence-corrected chi connectivity index (χ0v) is 14.3. The van der Waals surface area contributed by atoms with Crippen molar-refractivity contribution >= 4 is 23.3 Å². The molecular formula is C16H27N3OS. The fourth-order valence-corrected chi connectivity index (χ4v) is 3.13. The molecule has 0 aliphatic heterocycles. The second-order valence-electron chi connectivity index (χ2n) is 5.33. The van der Waals surface area contributed by atoms with Gasteiger partial charge in [0.05, 0.1) is 12.2 Å². The molecule has 0 aliphatic carbocycles. The Morgan fingerprint density at radius 3 is 2.67 bits per heavy atom. The maximum atomic E-state index is 7.95. The summed E-state index contributed by atoms with van der Waals surface area (Å²) >= 11 is 1.73. The van der Waals surface area contributed by atoms with Gasteiger partial charge in [-0.2, -0.15) is 0 Å². The molecular weight excluding hydrogens is 282 g/mol. The van der Waals surface area contributed by atoms with Gasteiger partial charge in [0.2, 0.25) is 0 Å². The Hall–Kier alpha value is -1.20. The summed E-state index contributed by atoms with van der Waals surface area (Å²) in [6.45, 7) is 8.88. The minimum absolute atomic E-state index is 0.132. The summed E-state index contributed by atoms with van der Waals surface area (Å²) in [7, 11) is 1.71. The third-order valence-corrected chi connectivity index (χ3v) is 4.00. The van der Waals surface area contributed by atoms with Gasteiger partial charge in [-0.1, -0.05) is 26.8 Å². The van der Waals surface area contributed by atoms with Gasteiger partial charge in [-0.3, -0.25) is 5.41 Å². The number of amidine groups is 1. The molecule has 0 aromatic heterocycles. The van der Waals surface area contributed by atoms with Crippen molar-refractivity contribution in [2.45, 2.75) is 25.7 Å². The lowest BCUT2D eigenvalue weighted by molar-refractivity contribution is 0.204. The lowest BCUT2D eigenvalue weighted by atomic mass is 10.1. The van der Waals surface area contributed by atoms with E-state index in [4.69, 9.17) is 15.9 Å². The third-order valence-electron chi connectivity index (χ3n) is 3.06. The number of nitrogens with two attached hydrogens (primary N) is 1. The predicted octanol–water partition coefficient (Wildman–Crippen LogP) is 3.19. The van der Waals surface area contributed by atoms with Crippen molar-refractivity contribution in [3.63, 3.8) is 0 Å². The third kappa shape index (κ3) is 5.25. The van der Waals surface area contributed by atoms with Crippen LogP contribution in [-0.2, 0) is 4.74 Å². The molecule has 0 unspecified atom stereocenters. The van der Waals surface area contributed by atoms with E-state index in [1.807, 2.05) is 12.1 Å². The van der Waals surface area contributed by atoms with E-state index in [2.05, 4.69) is 31.7 Å². The Labute approximate surface area is 132 Å². The van der Waals surface area contributed by atoms with Gasteiger partial charge in [-0.25, -0.2) is 0 Å². The van der Waals surface area contributed by atoms with E-state index in [0.717, 1.165) is 35.0 Å². The summed E-state index contributed by atoms with van der Waals surface area (Å²) in [4.78, 5) is 3.35. The summed E-state index contributed by atoms with van der Waals surface area (Å²) in [5.74, 6) is 1.63. The number of hydrogen-bond acceptors (Lipinski definition) is 4. The van der Waals surface area contributed by atoms with E-state index in [0.29, 0.717) is 12.5 Å². The molecule has 3 N–H and O–H groups in total. The van der Waals surface area contributed by atoms with Crippen molar-refractivity contribution < 1.29 is 4.74 Å². The molecule has 0 spiro atoms. The molecule has 1 aromatic carbocycles. The van der Waals surface area contributed by atoms with Gasteiger partial charge >= 0.3 is 0 Å². The lowest BCUT2D eigenvalue weighted by Gasteiger charge is -2.29. The Kier molecular flexibility index (Phi) is 7.61. The van der Waals surface area contributed by atoms with Crippen molar-refractivity contribution in [1.29, 1.82) is 5.41 Å². The first-order chi connectivity index (χ1) is 10.0. The summed E-state index contributed by atoms with van der Waals surface area (Å²) < 4.78 is 5.22. The minimum atomic E-state index is 0.132. The number of ether oxygens (including phenoxy) is 1. The summed E-state index contributed by atoms with van der Waals surface area (Å²) in [6.07, 6.45) is 0. The number of rotatable bonds is 9. The van der Waals surface area contributed by atoms with Crippen LogP contribution < -0.4 is 10.6 Å². The monoisotopic (exact) mass is 309 g/mol. The van der Waals surface area contributed by atoms with Crippen LogP contribution in [0, 0.1) is 11.3 Å². The number of hydrogen-bond donors (Lipinski definition) is 2. The molecule has 118 valence electrons. The van der Waals surface area contributed by atoms with Gasteiger partial charge < -0.3 is 15.4 Å². The molecule has 1 aromatic rings. The molecule has 0 fully saturated rings. The molecule has 0 radical (unpaired) electrons. The average Bonchev–Trinajstić information content (AvgIpc) is 2.43. The summed E-state index contributed by atoms with van der Waals surface area (Å²) in [5.41, 5.74) is 7.74. The number of thioether (sulfide) groups is 1. The van der Waals surface area contributed by atoms with Crippen LogP contribution in [0.3, 0.4) is 0 Å². The number of nitrogens with one attached hydrogen (secondary N) is 1. The first-order valence-corrected chi connectivity index (χ1v) is 8.33. The highest BCUT2D eigenvalue weighted by atomic mass is 32.2. The molecule has 1 rings (SSSR count). The molecule has 5 heteroatoms. The standard InChI is InChI=1S/C16H27N3OS/c1-5-21-14-8-6-7-13(15(14)16(17)18)19(9-10-20-4)11-12(2)3/h6-8,12H,5,9-11H2,1-4H3,(H3,17,18). The van der Waals surface area contributed by atoms with Crippen molar-refractivity contribution in [2.24, 2.45) is 11.7 Å². The molecule has 0 heterocycles. The van der Waals surface area contributed by atoms with Gasteiger partial charge in [-0.15, -0.1) is 11.8 Å². The number of nitrogens with zero attached hydrogens (tertiary/aromatic N) is 1. The van der Waals surface area contributed by atoms with Crippen molar-refractivity contribution in [3.8, 4) is 0 Å². The summed E-state index contributed by atoms with van der Waals surface area (Å²) in [6, 6.07) is 6.13. The van der Waals surface area contributed by atoms with E-state index in [1.54, 1.807) is 18.9 Å². The highest BCUT2D eigenvalue weighted by molar-refractivity contribution is 7.99. The maximum Gasteiger partial charge on any atom is 0.126 e. The van der Waals surface area contributed by atoms with Gasteiger partial charge in [0.1, 0.15) is 5.84 Å². The molecule has 0 amide bonds. The van der Waals surface area contributed by atoms with Crippen molar-refractivity contribution in [2.75, 3.05) is 37.5 Å². The van der Waals surface area contributed by atoms with Crippen LogP contribution in [0.15, 0.2) is 23.1 Å². The quantitative estimate of drug-likeness (QED) is 0.418. The first kappa shape index (κ1) is 17.9. The van der Waals surface area contributed by atoms with Gasteiger partial charge in [0, 0.05) is 30.8 Å². The lowest BCUT2D eigenvalue weighted by Crippen LogP contribution is -2.33. The highest BCUT2D eigenvalue weighted by Gasteiger charge is 2.17. The fraction of sp³-hybridized carbons (Fsp3) is 0.562. The molecule has 4 nitrogen and oxygen atoms in total. The number of benzene rings is 1. The van der Waals surface area contributed by atoms with Crippen LogP contribution in [0.5, 0.6) is 0 Å². The van der Waals surface area contributed by atoms with Gasteiger partial charge in [0.15, 0.2) is 0 Å². The van der Waals surface area contributed by atoms with Gasteiger partial charge in [0.25, 0.3) is 0 Å². The van der Waals surface area contributed by atoms with Crippen molar-refractivity contribution in [3.05, 3.63) is 23.8 Å².